The van der Waals surface area contributed by atoms with Gasteiger partial charge < -0.3 is 15.7 Å². The third kappa shape index (κ3) is 2.68. The third-order valence-electron chi connectivity index (χ3n) is 3.33. The van der Waals surface area contributed by atoms with E-state index in [4.69, 9.17) is 10.8 Å². The minimum Gasteiger partial charge on any atom is -0.481 e. The molecule has 3 N–H and O–H groups in total. The predicted octanol–water partition coefficient (Wildman–Crippen LogP) is 0.133. The number of halogens is 1. The van der Waals surface area contributed by atoms with Crippen molar-refractivity contribution in [3.8, 4) is 0 Å². The fraction of sp³-hybridized carbons (Fsp3) is 0.500. The molecule has 1 aromatic heterocycles. The molecule has 0 radical (unpaired) electrons. The number of piperidine rings is 1. The Labute approximate surface area is 114 Å². The van der Waals surface area contributed by atoms with Crippen LogP contribution in [0.4, 0.5) is 10.3 Å². The van der Waals surface area contributed by atoms with E-state index < -0.39 is 24.0 Å². The van der Waals surface area contributed by atoms with E-state index in [1.165, 1.54) is 11.1 Å². The summed E-state index contributed by atoms with van der Waals surface area (Å²) in [5, 5.41) is 8.87. The zero-order chi connectivity index (χ0) is 14.9. The number of alkyl halides is 1. The number of hydrogen-bond donors (Lipinski definition) is 2. The zero-order valence-electron chi connectivity index (χ0n) is 10.9. The molecule has 0 saturated carbocycles. The molecule has 2 rings (SSSR count). The Bertz CT molecular complexity index is 552. The lowest BCUT2D eigenvalue weighted by atomic mass is 9.95. The average molecular weight is 282 g/mol. The highest BCUT2D eigenvalue weighted by atomic mass is 19.1. The van der Waals surface area contributed by atoms with Crippen molar-refractivity contribution in [2.45, 2.75) is 19.5 Å². The molecular weight excluding hydrogens is 267 g/mol. The number of nitrogens with two attached hydrogens (primary N) is 1. The van der Waals surface area contributed by atoms with Gasteiger partial charge >= 0.3 is 5.97 Å². The Morgan fingerprint density at radius 2 is 2.25 bits per heavy atom. The van der Waals surface area contributed by atoms with Gasteiger partial charge in [0, 0.05) is 12.7 Å². The van der Waals surface area contributed by atoms with Crippen molar-refractivity contribution < 1.29 is 19.1 Å². The van der Waals surface area contributed by atoms with Crippen LogP contribution in [-0.4, -0.2) is 46.2 Å². The molecule has 2 atom stereocenters. The van der Waals surface area contributed by atoms with Crippen molar-refractivity contribution in [2.24, 2.45) is 11.7 Å². The van der Waals surface area contributed by atoms with E-state index in [2.05, 4.69) is 9.97 Å². The normalized spacial score (nSPS) is 22.6. The summed E-state index contributed by atoms with van der Waals surface area (Å²) in [6, 6.07) is 0. The molecule has 0 bridgehead atoms. The fourth-order valence-corrected chi connectivity index (χ4v) is 2.20. The van der Waals surface area contributed by atoms with Gasteiger partial charge in [0.25, 0.3) is 5.91 Å². The Hall–Kier alpha value is -2.25. The van der Waals surface area contributed by atoms with Crippen molar-refractivity contribution >= 4 is 17.8 Å². The van der Waals surface area contributed by atoms with Crippen LogP contribution in [0.1, 0.15) is 22.5 Å². The van der Waals surface area contributed by atoms with Crippen LogP contribution in [0.5, 0.6) is 0 Å². The summed E-state index contributed by atoms with van der Waals surface area (Å²) in [5.41, 5.74) is 5.83. The molecule has 1 amide bonds. The van der Waals surface area contributed by atoms with Crippen LogP contribution in [0.2, 0.25) is 0 Å². The SMILES string of the molecule is Cc1cnc(N2CC[C@@H](C(=O)O)[C@H](F)C2)nc1C(N)=O. The number of aryl methyl sites for hydroxylation is 1. The summed E-state index contributed by atoms with van der Waals surface area (Å²) < 4.78 is 13.8. The monoisotopic (exact) mass is 282 g/mol. The maximum atomic E-state index is 13.8. The van der Waals surface area contributed by atoms with Crippen LogP contribution >= 0.6 is 0 Å². The summed E-state index contributed by atoms with van der Waals surface area (Å²) in [4.78, 5) is 31.7. The predicted molar refractivity (Wildman–Crippen MR) is 68.1 cm³/mol. The molecular formula is C12H15FN4O3. The van der Waals surface area contributed by atoms with Crippen LogP contribution < -0.4 is 10.6 Å². The lowest BCUT2D eigenvalue weighted by Gasteiger charge is -2.32. The largest absolute Gasteiger partial charge is 0.481 e. The fourth-order valence-electron chi connectivity index (χ4n) is 2.20. The number of aromatic nitrogens is 2. The number of nitrogens with zero attached hydrogens (tertiary/aromatic N) is 3. The highest BCUT2D eigenvalue weighted by Crippen LogP contribution is 2.24. The van der Waals surface area contributed by atoms with Crippen LogP contribution in [-0.2, 0) is 4.79 Å². The van der Waals surface area contributed by atoms with Crippen molar-refractivity contribution in [3.63, 3.8) is 0 Å². The minimum absolute atomic E-state index is 0.0887. The van der Waals surface area contributed by atoms with E-state index >= 15 is 0 Å². The molecule has 20 heavy (non-hydrogen) atoms. The molecule has 2 heterocycles. The van der Waals surface area contributed by atoms with Gasteiger partial charge in [0.15, 0.2) is 0 Å². The number of carboxylic acid groups (broad SMARTS) is 1. The van der Waals surface area contributed by atoms with Crippen LogP contribution in [0.25, 0.3) is 0 Å². The number of hydrogen-bond acceptors (Lipinski definition) is 5. The van der Waals surface area contributed by atoms with Crippen molar-refractivity contribution in [2.75, 3.05) is 18.0 Å². The average Bonchev–Trinajstić information content (AvgIpc) is 2.38. The van der Waals surface area contributed by atoms with Crippen LogP contribution in [0, 0.1) is 12.8 Å². The number of amides is 1. The van der Waals surface area contributed by atoms with Gasteiger partial charge in [-0.2, -0.15) is 0 Å². The van der Waals surface area contributed by atoms with E-state index in [9.17, 15) is 14.0 Å². The van der Waals surface area contributed by atoms with Gasteiger partial charge in [0.2, 0.25) is 5.95 Å². The van der Waals surface area contributed by atoms with Gasteiger partial charge in [0.05, 0.1) is 12.5 Å². The maximum absolute atomic E-state index is 13.8. The van der Waals surface area contributed by atoms with E-state index in [1.54, 1.807) is 6.92 Å². The number of rotatable bonds is 3. The molecule has 1 aliphatic heterocycles. The highest BCUT2D eigenvalue weighted by Gasteiger charge is 2.35. The Morgan fingerprint density at radius 3 is 2.80 bits per heavy atom. The van der Waals surface area contributed by atoms with Crippen molar-refractivity contribution in [1.82, 2.24) is 9.97 Å². The van der Waals surface area contributed by atoms with Gasteiger partial charge in [-0.15, -0.1) is 0 Å². The third-order valence-corrected chi connectivity index (χ3v) is 3.33. The molecule has 1 aromatic rings. The first-order valence-electron chi connectivity index (χ1n) is 6.15. The van der Waals surface area contributed by atoms with Crippen LogP contribution in [0.15, 0.2) is 6.20 Å². The molecule has 7 nitrogen and oxygen atoms in total. The van der Waals surface area contributed by atoms with E-state index in [0.717, 1.165) is 0 Å². The summed E-state index contributed by atoms with van der Waals surface area (Å²) in [6.07, 6.45) is 0.113. The molecule has 0 aliphatic carbocycles. The van der Waals surface area contributed by atoms with Gasteiger partial charge in [0.1, 0.15) is 11.9 Å². The van der Waals surface area contributed by atoms with E-state index in [-0.39, 0.29) is 24.6 Å². The van der Waals surface area contributed by atoms with E-state index in [1.807, 2.05) is 0 Å². The first-order valence-corrected chi connectivity index (χ1v) is 6.15. The molecule has 8 heteroatoms. The quantitative estimate of drug-likeness (QED) is 0.815. The second kappa shape index (κ2) is 5.40. The molecule has 0 spiro atoms. The zero-order valence-corrected chi connectivity index (χ0v) is 10.9. The van der Waals surface area contributed by atoms with Gasteiger partial charge in [-0.1, -0.05) is 0 Å². The topological polar surface area (TPSA) is 109 Å². The molecule has 0 unspecified atom stereocenters. The molecule has 1 saturated heterocycles. The second-order valence-electron chi connectivity index (χ2n) is 4.76. The Balaban J connectivity index is 2.20. The number of primary amides is 1. The number of carbonyl (C=O) groups is 2. The summed E-state index contributed by atoms with van der Waals surface area (Å²) in [6.45, 7) is 1.86. The molecule has 108 valence electrons. The standard InChI is InChI=1S/C12H15FN4O3/c1-6-4-15-12(16-9(6)10(14)18)17-3-2-7(11(19)20)8(13)5-17/h4,7-8H,2-3,5H2,1H3,(H2,14,18)(H,19,20)/t7-,8-/m1/s1. The second-order valence-corrected chi connectivity index (χ2v) is 4.76. The highest BCUT2D eigenvalue weighted by molar-refractivity contribution is 5.92. The maximum Gasteiger partial charge on any atom is 0.309 e. The number of anilines is 1. The Morgan fingerprint density at radius 1 is 1.55 bits per heavy atom. The molecule has 0 aromatic carbocycles. The van der Waals surface area contributed by atoms with Crippen molar-refractivity contribution in [1.29, 1.82) is 0 Å². The Kier molecular flexibility index (Phi) is 3.82. The summed E-state index contributed by atoms with van der Waals surface area (Å²) in [5.74, 6) is -2.63. The smallest absolute Gasteiger partial charge is 0.309 e. The number of aliphatic carboxylic acids is 1. The van der Waals surface area contributed by atoms with E-state index in [0.29, 0.717) is 12.1 Å². The number of carbonyl (C=O) groups excluding carboxylic acids is 1. The minimum atomic E-state index is -1.50. The van der Waals surface area contributed by atoms with Gasteiger partial charge in [-0.25, -0.2) is 14.4 Å². The lowest BCUT2D eigenvalue weighted by molar-refractivity contribution is -0.144. The molecule has 1 fully saturated rings. The summed E-state index contributed by atoms with van der Waals surface area (Å²) >= 11 is 0. The first kappa shape index (κ1) is 14.2. The molecule has 1 aliphatic rings. The first-order chi connectivity index (χ1) is 9.40. The lowest BCUT2D eigenvalue weighted by Crippen LogP contribution is -2.45. The van der Waals surface area contributed by atoms with Gasteiger partial charge in [-0.3, -0.25) is 9.59 Å². The van der Waals surface area contributed by atoms with Gasteiger partial charge in [-0.05, 0) is 18.9 Å². The van der Waals surface area contributed by atoms with Crippen molar-refractivity contribution in [3.05, 3.63) is 17.5 Å². The summed E-state index contributed by atoms with van der Waals surface area (Å²) in [7, 11) is 0. The van der Waals surface area contributed by atoms with Crippen LogP contribution in [0.3, 0.4) is 0 Å². The number of carboxylic acids is 1.